The largest absolute Gasteiger partial charge is 0.476 e. The molecule has 0 aliphatic carbocycles. The standard InChI is InChI=1S/C8H14N2O5S.C6H7N/c9-10(15-16)7(12)5-3-1-2-4-6(11)8(13)14;7-6-4-2-1-3-5-6/h16H,1-5,9H2,(H,13,14);1-5H,7H2. The number of nitrogens with zero attached hydrogens (tertiary/aromatic N) is 1. The predicted molar refractivity (Wildman–Crippen MR) is 87.7 cm³/mol. The molecule has 0 saturated carbocycles. The van der Waals surface area contributed by atoms with Crippen LogP contribution in [0.2, 0.25) is 0 Å². The van der Waals surface area contributed by atoms with Crippen LogP contribution in [0, 0.1) is 0 Å². The maximum absolute atomic E-state index is 11.0. The first kappa shape index (κ1) is 20.9. The maximum Gasteiger partial charge on any atom is 0.372 e. The van der Waals surface area contributed by atoms with Crippen molar-refractivity contribution in [1.82, 2.24) is 5.17 Å². The number of carbonyl (C=O) groups excluding carboxylic acids is 2. The number of para-hydroxylation sites is 1. The molecule has 1 amide bonds. The zero-order chi connectivity index (χ0) is 17.7. The number of benzene rings is 1. The van der Waals surface area contributed by atoms with Crippen molar-refractivity contribution < 1.29 is 23.8 Å². The summed E-state index contributed by atoms with van der Waals surface area (Å²) in [6.07, 6.45) is 1.67. The normalized spacial score (nSPS) is 9.48. The molecule has 9 heteroatoms. The summed E-state index contributed by atoms with van der Waals surface area (Å²) >= 11 is 3.34. The van der Waals surface area contributed by atoms with Crippen LogP contribution in [0.25, 0.3) is 0 Å². The Morgan fingerprint density at radius 3 is 2.09 bits per heavy atom. The molecule has 0 aliphatic rings. The number of aliphatic carboxylic acids is 1. The molecule has 0 heterocycles. The van der Waals surface area contributed by atoms with Gasteiger partial charge in [0.15, 0.2) is 0 Å². The van der Waals surface area contributed by atoms with Gasteiger partial charge in [-0.3, -0.25) is 9.59 Å². The number of rotatable bonds is 8. The molecular weight excluding hydrogens is 322 g/mol. The van der Waals surface area contributed by atoms with E-state index in [1.54, 1.807) is 0 Å². The molecule has 0 atom stereocenters. The number of hydroxylamine groups is 1. The summed E-state index contributed by atoms with van der Waals surface area (Å²) in [6, 6.07) is 9.49. The monoisotopic (exact) mass is 343 g/mol. The van der Waals surface area contributed by atoms with E-state index in [1.807, 2.05) is 30.3 Å². The lowest BCUT2D eigenvalue weighted by atomic mass is 10.1. The van der Waals surface area contributed by atoms with Gasteiger partial charge in [-0.05, 0) is 25.0 Å². The van der Waals surface area contributed by atoms with E-state index >= 15 is 0 Å². The Morgan fingerprint density at radius 1 is 1.09 bits per heavy atom. The summed E-state index contributed by atoms with van der Waals surface area (Å²) in [5.41, 5.74) is 6.18. The number of thiol groups is 1. The van der Waals surface area contributed by atoms with Gasteiger partial charge < -0.3 is 10.8 Å². The van der Waals surface area contributed by atoms with E-state index in [9.17, 15) is 14.4 Å². The third-order valence-corrected chi connectivity index (χ3v) is 2.84. The highest BCUT2D eigenvalue weighted by molar-refractivity contribution is 7.75. The molecule has 1 aromatic rings. The summed E-state index contributed by atoms with van der Waals surface area (Å²) in [5, 5.41) is 8.79. The Labute approximate surface area is 139 Å². The fourth-order valence-electron chi connectivity index (χ4n) is 1.45. The van der Waals surface area contributed by atoms with E-state index in [4.69, 9.17) is 16.7 Å². The molecule has 0 radical (unpaired) electrons. The molecule has 0 bridgehead atoms. The van der Waals surface area contributed by atoms with Crippen LogP contribution in [-0.2, 0) is 18.7 Å². The minimum absolute atomic E-state index is 0.0149. The van der Waals surface area contributed by atoms with E-state index in [0.29, 0.717) is 24.4 Å². The van der Waals surface area contributed by atoms with Gasteiger partial charge in [-0.25, -0.2) is 10.6 Å². The highest BCUT2D eigenvalue weighted by Crippen LogP contribution is 2.05. The van der Waals surface area contributed by atoms with Crippen LogP contribution in [0.1, 0.15) is 32.1 Å². The van der Waals surface area contributed by atoms with Crippen LogP contribution >= 0.6 is 12.9 Å². The van der Waals surface area contributed by atoms with Gasteiger partial charge in [0.25, 0.3) is 5.91 Å². The quantitative estimate of drug-likeness (QED) is 0.0817. The number of nitrogens with two attached hydrogens (primary N) is 2. The summed E-state index contributed by atoms with van der Waals surface area (Å²) in [5.74, 6) is 2.40. The zero-order valence-corrected chi connectivity index (χ0v) is 13.4. The topological polar surface area (TPSA) is 136 Å². The van der Waals surface area contributed by atoms with Gasteiger partial charge in [0.05, 0.1) is 0 Å². The Hall–Kier alpha value is -2.10. The fourth-order valence-corrected chi connectivity index (χ4v) is 1.55. The first-order valence-electron chi connectivity index (χ1n) is 6.84. The van der Waals surface area contributed by atoms with E-state index in [-0.39, 0.29) is 12.8 Å². The zero-order valence-electron chi connectivity index (χ0n) is 12.6. The molecule has 0 unspecified atom stereocenters. The number of carboxylic acid groups (broad SMARTS) is 1. The van der Waals surface area contributed by atoms with Gasteiger partial charge in [-0.15, -0.1) is 5.17 Å². The van der Waals surface area contributed by atoms with E-state index in [0.717, 1.165) is 5.69 Å². The summed E-state index contributed by atoms with van der Waals surface area (Å²) in [4.78, 5) is 31.9. The molecular formula is C14H21N3O5S. The second-order valence-electron chi connectivity index (χ2n) is 4.50. The molecule has 0 saturated heterocycles. The number of ketones is 1. The number of hydrogen-bond donors (Lipinski definition) is 4. The Morgan fingerprint density at radius 2 is 1.65 bits per heavy atom. The van der Waals surface area contributed by atoms with Crippen LogP contribution < -0.4 is 11.6 Å². The first-order valence-corrected chi connectivity index (χ1v) is 7.20. The van der Waals surface area contributed by atoms with Crippen molar-refractivity contribution in [3.05, 3.63) is 30.3 Å². The number of amides is 1. The average Bonchev–Trinajstić information content (AvgIpc) is 2.54. The summed E-state index contributed by atoms with van der Waals surface area (Å²) < 4.78 is 4.16. The van der Waals surface area contributed by atoms with Crippen molar-refractivity contribution in [2.45, 2.75) is 32.1 Å². The highest BCUT2D eigenvalue weighted by Gasteiger charge is 2.11. The van der Waals surface area contributed by atoms with Gasteiger partial charge in [0, 0.05) is 31.4 Å². The van der Waals surface area contributed by atoms with Gasteiger partial charge in [0.1, 0.15) is 0 Å². The van der Waals surface area contributed by atoms with Gasteiger partial charge in [-0.1, -0.05) is 24.6 Å². The number of hydrogen-bond acceptors (Lipinski definition) is 7. The first-order chi connectivity index (χ1) is 10.9. The molecule has 128 valence electrons. The number of carbonyl (C=O) groups is 3. The molecule has 1 aromatic carbocycles. The lowest BCUT2D eigenvalue weighted by Crippen LogP contribution is -2.34. The van der Waals surface area contributed by atoms with Crippen molar-refractivity contribution in [3.8, 4) is 0 Å². The SMILES string of the molecule is NN(OS)C(=O)CCCCCC(=O)C(=O)O.Nc1ccccc1. The van der Waals surface area contributed by atoms with E-state index < -0.39 is 17.7 Å². The van der Waals surface area contributed by atoms with Crippen molar-refractivity contribution in [2.24, 2.45) is 5.84 Å². The van der Waals surface area contributed by atoms with E-state index in [2.05, 4.69) is 17.2 Å². The highest BCUT2D eigenvalue weighted by atomic mass is 32.1. The third-order valence-electron chi connectivity index (χ3n) is 2.67. The lowest BCUT2D eigenvalue weighted by Gasteiger charge is -2.10. The average molecular weight is 343 g/mol. The minimum atomic E-state index is -1.42. The Balaban J connectivity index is 0.000000568. The van der Waals surface area contributed by atoms with Crippen molar-refractivity contribution in [3.63, 3.8) is 0 Å². The molecule has 23 heavy (non-hydrogen) atoms. The second kappa shape index (κ2) is 12.4. The van der Waals surface area contributed by atoms with Crippen molar-refractivity contribution in [2.75, 3.05) is 5.73 Å². The van der Waals surface area contributed by atoms with Gasteiger partial charge >= 0.3 is 5.97 Å². The van der Waals surface area contributed by atoms with Gasteiger partial charge in [0.2, 0.25) is 5.78 Å². The Kier molecular flexibility index (Phi) is 11.3. The molecule has 0 aromatic heterocycles. The van der Waals surface area contributed by atoms with Crippen molar-refractivity contribution >= 4 is 36.3 Å². The number of anilines is 1. The predicted octanol–water partition coefficient (Wildman–Crippen LogP) is 1.34. The fraction of sp³-hybridized carbons (Fsp3) is 0.357. The van der Waals surface area contributed by atoms with Gasteiger partial charge in [-0.2, -0.15) is 4.28 Å². The second-order valence-corrected chi connectivity index (χ2v) is 4.66. The van der Waals surface area contributed by atoms with Crippen LogP contribution in [0.4, 0.5) is 5.69 Å². The number of nitrogen functional groups attached to an aromatic ring is 1. The minimum Gasteiger partial charge on any atom is -0.476 e. The van der Waals surface area contributed by atoms with Crippen LogP contribution in [-0.4, -0.2) is 27.9 Å². The molecule has 0 fully saturated rings. The van der Waals surface area contributed by atoms with Crippen LogP contribution in [0.5, 0.6) is 0 Å². The van der Waals surface area contributed by atoms with Crippen LogP contribution in [0.3, 0.4) is 0 Å². The van der Waals surface area contributed by atoms with Crippen molar-refractivity contribution in [1.29, 1.82) is 0 Å². The Bertz CT molecular complexity index is 498. The number of Topliss-reactive ketones (excluding diaryl/α,β-unsaturated/α-hetero) is 1. The number of hydrazine groups is 1. The van der Waals surface area contributed by atoms with Crippen LogP contribution in [0.15, 0.2) is 30.3 Å². The summed E-state index contributed by atoms with van der Waals surface area (Å²) in [6.45, 7) is 0. The molecule has 1 rings (SSSR count). The molecule has 5 N–H and O–H groups in total. The maximum atomic E-state index is 11.0. The molecule has 0 spiro atoms. The number of unbranched alkanes of at least 4 members (excludes halogenated alkanes) is 2. The summed E-state index contributed by atoms with van der Waals surface area (Å²) in [7, 11) is 0. The number of carboxylic acids is 1. The lowest BCUT2D eigenvalue weighted by molar-refractivity contribution is -0.154. The molecule has 0 aliphatic heterocycles. The smallest absolute Gasteiger partial charge is 0.372 e. The van der Waals surface area contributed by atoms with E-state index in [1.165, 1.54) is 0 Å². The molecule has 8 nitrogen and oxygen atoms in total. The third kappa shape index (κ3) is 11.2.